The number of likely N-dealkylation sites (tertiary alicyclic amines) is 1. The molecule has 2 nitrogen and oxygen atoms in total. The summed E-state index contributed by atoms with van der Waals surface area (Å²) < 4.78 is 38.5. The van der Waals surface area contributed by atoms with Gasteiger partial charge < -0.3 is 10.2 Å². The molecule has 21 heavy (non-hydrogen) atoms. The van der Waals surface area contributed by atoms with Crippen molar-refractivity contribution in [3.8, 4) is 0 Å². The third kappa shape index (κ3) is 5.00. The zero-order valence-corrected chi connectivity index (χ0v) is 12.5. The molecule has 3 atom stereocenters. The van der Waals surface area contributed by atoms with Crippen LogP contribution in [0.1, 0.15) is 37.8 Å². The Hall–Kier alpha value is -1.07. The second-order valence-corrected chi connectivity index (χ2v) is 6.00. The predicted octanol–water partition coefficient (Wildman–Crippen LogP) is 3.75. The van der Waals surface area contributed by atoms with Crippen LogP contribution in [0.15, 0.2) is 30.3 Å². The first kappa shape index (κ1) is 16.3. The first-order valence-corrected chi connectivity index (χ1v) is 7.43. The summed E-state index contributed by atoms with van der Waals surface area (Å²) in [5, 5.41) is 3.23. The molecule has 1 N–H and O–H groups in total. The molecule has 1 saturated heterocycles. The van der Waals surface area contributed by atoms with Crippen LogP contribution < -0.4 is 5.32 Å². The van der Waals surface area contributed by atoms with E-state index in [0.717, 1.165) is 19.4 Å². The highest BCUT2D eigenvalue weighted by molar-refractivity contribution is 5.19. The summed E-state index contributed by atoms with van der Waals surface area (Å²) in [5.41, 5.74) is 0.710. The number of benzene rings is 1. The van der Waals surface area contributed by atoms with Gasteiger partial charge in [0.05, 0.1) is 6.42 Å². The van der Waals surface area contributed by atoms with Crippen molar-refractivity contribution in [3.05, 3.63) is 35.9 Å². The van der Waals surface area contributed by atoms with Crippen LogP contribution in [0.4, 0.5) is 13.2 Å². The molecule has 1 aromatic rings. The lowest BCUT2D eigenvalue weighted by Gasteiger charge is -2.37. The molecular weight excluding hydrogens is 277 g/mol. The van der Waals surface area contributed by atoms with Gasteiger partial charge in [0, 0.05) is 18.1 Å². The molecule has 5 heteroatoms. The van der Waals surface area contributed by atoms with Crippen molar-refractivity contribution in [2.75, 3.05) is 13.6 Å². The summed E-state index contributed by atoms with van der Waals surface area (Å²) in [6.45, 7) is 3.04. The van der Waals surface area contributed by atoms with Gasteiger partial charge in [0.2, 0.25) is 0 Å². The Morgan fingerprint density at radius 3 is 2.52 bits per heavy atom. The van der Waals surface area contributed by atoms with Crippen molar-refractivity contribution in [1.82, 2.24) is 10.2 Å². The monoisotopic (exact) mass is 300 g/mol. The summed E-state index contributed by atoms with van der Waals surface area (Å²) in [4.78, 5) is 2.25. The smallest absolute Gasteiger partial charge is 0.307 e. The van der Waals surface area contributed by atoms with Crippen LogP contribution in [-0.4, -0.2) is 36.8 Å². The van der Waals surface area contributed by atoms with E-state index in [4.69, 9.17) is 0 Å². The highest BCUT2D eigenvalue weighted by Crippen LogP contribution is 2.31. The standard InChI is InChI=1S/C16H23F3N2/c1-12-10-14(8-9-21(12)2)20-15(11-16(17,18)19)13-6-4-3-5-7-13/h3-7,12,14-15,20H,8-11H2,1-2H3. The van der Waals surface area contributed by atoms with E-state index >= 15 is 0 Å². The number of nitrogens with one attached hydrogen (secondary N) is 1. The molecule has 0 aliphatic carbocycles. The van der Waals surface area contributed by atoms with Gasteiger partial charge in [-0.15, -0.1) is 0 Å². The van der Waals surface area contributed by atoms with Crippen LogP contribution in [0.25, 0.3) is 0 Å². The second kappa shape index (κ2) is 6.79. The minimum Gasteiger partial charge on any atom is -0.307 e. The van der Waals surface area contributed by atoms with Gasteiger partial charge in [-0.1, -0.05) is 30.3 Å². The number of halogens is 3. The Morgan fingerprint density at radius 1 is 1.29 bits per heavy atom. The lowest BCUT2D eigenvalue weighted by atomic mass is 9.95. The number of piperidine rings is 1. The quantitative estimate of drug-likeness (QED) is 0.911. The molecule has 3 unspecified atom stereocenters. The lowest BCUT2D eigenvalue weighted by Crippen LogP contribution is -2.47. The Kier molecular flexibility index (Phi) is 5.27. The van der Waals surface area contributed by atoms with E-state index in [1.54, 1.807) is 24.3 Å². The van der Waals surface area contributed by atoms with Crippen molar-refractivity contribution in [1.29, 1.82) is 0 Å². The zero-order chi connectivity index (χ0) is 15.5. The zero-order valence-electron chi connectivity index (χ0n) is 12.5. The highest BCUT2D eigenvalue weighted by Gasteiger charge is 2.34. The fourth-order valence-corrected chi connectivity index (χ4v) is 2.92. The molecule has 1 aliphatic rings. The normalized spacial score (nSPS) is 25.8. The molecule has 0 radical (unpaired) electrons. The fourth-order valence-electron chi connectivity index (χ4n) is 2.92. The van der Waals surface area contributed by atoms with E-state index < -0.39 is 18.6 Å². The van der Waals surface area contributed by atoms with Crippen molar-refractivity contribution < 1.29 is 13.2 Å². The molecule has 0 saturated carbocycles. The van der Waals surface area contributed by atoms with Crippen LogP contribution in [0.3, 0.4) is 0 Å². The van der Waals surface area contributed by atoms with Crippen LogP contribution in [0.2, 0.25) is 0 Å². The van der Waals surface area contributed by atoms with E-state index in [-0.39, 0.29) is 6.04 Å². The number of hydrogen-bond acceptors (Lipinski definition) is 2. The van der Waals surface area contributed by atoms with Gasteiger partial charge in [0.15, 0.2) is 0 Å². The highest BCUT2D eigenvalue weighted by atomic mass is 19.4. The molecule has 0 bridgehead atoms. The fraction of sp³-hybridized carbons (Fsp3) is 0.625. The third-order valence-electron chi connectivity index (χ3n) is 4.28. The molecule has 1 aromatic carbocycles. The maximum absolute atomic E-state index is 12.8. The minimum absolute atomic E-state index is 0.142. The maximum Gasteiger partial charge on any atom is 0.390 e. The Morgan fingerprint density at radius 2 is 1.95 bits per heavy atom. The molecule has 2 rings (SSSR count). The molecule has 118 valence electrons. The maximum atomic E-state index is 12.8. The number of alkyl halides is 3. The second-order valence-electron chi connectivity index (χ2n) is 6.00. The molecule has 1 fully saturated rings. The Bertz CT molecular complexity index is 433. The van der Waals surface area contributed by atoms with E-state index in [1.807, 2.05) is 6.07 Å². The number of nitrogens with zero attached hydrogens (tertiary/aromatic N) is 1. The third-order valence-corrected chi connectivity index (χ3v) is 4.28. The van der Waals surface area contributed by atoms with Gasteiger partial charge >= 0.3 is 6.18 Å². The lowest BCUT2D eigenvalue weighted by molar-refractivity contribution is -0.141. The summed E-state index contributed by atoms with van der Waals surface area (Å²) in [6.07, 6.45) is -3.21. The first-order chi connectivity index (χ1) is 9.85. The van der Waals surface area contributed by atoms with Crippen LogP contribution in [0.5, 0.6) is 0 Å². The van der Waals surface area contributed by atoms with Gasteiger partial charge in [-0.2, -0.15) is 13.2 Å². The largest absolute Gasteiger partial charge is 0.390 e. The Balaban J connectivity index is 2.06. The van der Waals surface area contributed by atoms with Gasteiger partial charge in [-0.25, -0.2) is 0 Å². The average molecular weight is 300 g/mol. The number of rotatable bonds is 4. The van der Waals surface area contributed by atoms with Crippen LogP contribution in [-0.2, 0) is 0 Å². The average Bonchev–Trinajstić information content (AvgIpc) is 2.42. The van der Waals surface area contributed by atoms with Crippen molar-refractivity contribution in [3.63, 3.8) is 0 Å². The van der Waals surface area contributed by atoms with Crippen LogP contribution in [0, 0.1) is 0 Å². The van der Waals surface area contributed by atoms with Crippen LogP contribution >= 0.6 is 0 Å². The van der Waals surface area contributed by atoms with Gasteiger partial charge in [0.25, 0.3) is 0 Å². The SMILES string of the molecule is CC1CC(NC(CC(F)(F)F)c2ccccc2)CCN1C. The van der Waals surface area contributed by atoms with Crippen molar-refractivity contribution >= 4 is 0 Å². The summed E-state index contributed by atoms with van der Waals surface area (Å²) >= 11 is 0. The summed E-state index contributed by atoms with van der Waals surface area (Å²) in [5.74, 6) is 0. The first-order valence-electron chi connectivity index (χ1n) is 7.43. The minimum atomic E-state index is -4.16. The molecular formula is C16H23F3N2. The predicted molar refractivity (Wildman–Crippen MR) is 78.1 cm³/mol. The van der Waals surface area contributed by atoms with Gasteiger partial charge in [-0.05, 0) is 38.9 Å². The molecule has 0 aromatic heterocycles. The van der Waals surface area contributed by atoms with Gasteiger partial charge in [0.1, 0.15) is 0 Å². The van der Waals surface area contributed by atoms with Gasteiger partial charge in [-0.3, -0.25) is 0 Å². The summed E-state index contributed by atoms with van der Waals surface area (Å²) in [7, 11) is 2.06. The van der Waals surface area contributed by atoms with Crippen molar-refractivity contribution in [2.24, 2.45) is 0 Å². The van der Waals surface area contributed by atoms with E-state index in [1.165, 1.54) is 0 Å². The molecule has 0 spiro atoms. The molecule has 1 heterocycles. The number of hydrogen-bond donors (Lipinski definition) is 1. The molecule has 1 aliphatic heterocycles. The van der Waals surface area contributed by atoms with E-state index in [9.17, 15) is 13.2 Å². The van der Waals surface area contributed by atoms with Crippen molar-refractivity contribution in [2.45, 2.75) is 50.5 Å². The topological polar surface area (TPSA) is 15.3 Å². The molecule has 0 amide bonds. The van der Waals surface area contributed by atoms with E-state index in [2.05, 4.69) is 24.2 Å². The Labute approximate surface area is 124 Å². The van der Waals surface area contributed by atoms with E-state index in [0.29, 0.717) is 11.6 Å². The summed E-state index contributed by atoms with van der Waals surface area (Å²) in [6, 6.07) is 8.82.